The van der Waals surface area contributed by atoms with Crippen LogP contribution in [0.2, 0.25) is 0 Å². The molecule has 7 heteroatoms. The van der Waals surface area contributed by atoms with Crippen molar-refractivity contribution in [3.8, 4) is 34.5 Å². The molecule has 0 fully saturated rings. The number of Topliss-reactive ketones (excluding diaryl/α,β-unsaturated/α-hetero) is 1. The number of methoxy groups -OCH3 is 4. The van der Waals surface area contributed by atoms with E-state index in [1.54, 1.807) is 64.8 Å². The average Bonchev–Trinajstić information content (AvgIpc) is 3.16. The van der Waals surface area contributed by atoms with Gasteiger partial charge in [-0.3, -0.25) is 4.79 Å². The topological polar surface area (TPSA) is 72.5 Å². The van der Waals surface area contributed by atoms with E-state index in [1.807, 2.05) is 24.3 Å². The molecule has 0 saturated carbocycles. The number of carbonyl (C=O) groups is 1. The van der Waals surface area contributed by atoms with Crippen LogP contribution in [-0.2, 0) is 6.61 Å². The Hall–Kier alpha value is -4.13. The zero-order valence-corrected chi connectivity index (χ0v) is 18.8. The van der Waals surface area contributed by atoms with Crippen molar-refractivity contribution in [2.24, 2.45) is 0 Å². The predicted octanol–water partition coefficient (Wildman–Crippen LogP) is 4.92. The molecule has 0 spiro atoms. The number of hydrogen-bond acceptors (Lipinski definition) is 7. The van der Waals surface area contributed by atoms with Gasteiger partial charge in [-0.05, 0) is 30.3 Å². The van der Waals surface area contributed by atoms with Gasteiger partial charge in [0.25, 0.3) is 0 Å². The molecule has 0 radical (unpaired) electrons. The van der Waals surface area contributed by atoms with Gasteiger partial charge in [-0.1, -0.05) is 18.2 Å². The molecule has 0 aromatic heterocycles. The van der Waals surface area contributed by atoms with Crippen LogP contribution >= 0.6 is 0 Å². The first-order chi connectivity index (χ1) is 16.1. The average molecular weight is 448 g/mol. The van der Waals surface area contributed by atoms with Crippen molar-refractivity contribution in [2.45, 2.75) is 6.61 Å². The summed E-state index contributed by atoms with van der Waals surface area (Å²) in [6, 6.07) is 16.2. The van der Waals surface area contributed by atoms with Crippen LogP contribution in [0.5, 0.6) is 34.5 Å². The number of rotatable bonds is 8. The van der Waals surface area contributed by atoms with Gasteiger partial charge in [0.15, 0.2) is 17.3 Å². The van der Waals surface area contributed by atoms with Crippen LogP contribution in [-0.4, -0.2) is 34.2 Å². The van der Waals surface area contributed by atoms with E-state index >= 15 is 0 Å². The lowest BCUT2D eigenvalue weighted by Gasteiger charge is -2.12. The maximum absolute atomic E-state index is 12.9. The lowest BCUT2D eigenvalue weighted by molar-refractivity contribution is 0.101. The van der Waals surface area contributed by atoms with Gasteiger partial charge in [0.05, 0.1) is 34.0 Å². The Balaban J connectivity index is 1.57. The van der Waals surface area contributed by atoms with Crippen molar-refractivity contribution in [1.82, 2.24) is 0 Å². The van der Waals surface area contributed by atoms with Crippen LogP contribution in [0.1, 0.15) is 21.5 Å². The third-order valence-corrected chi connectivity index (χ3v) is 5.25. The Bertz CT molecular complexity index is 1210. The minimum absolute atomic E-state index is 0.178. The van der Waals surface area contributed by atoms with Gasteiger partial charge in [-0.15, -0.1) is 0 Å². The Morgan fingerprint density at radius 3 is 2.21 bits per heavy atom. The zero-order valence-electron chi connectivity index (χ0n) is 18.8. The molecule has 0 bridgehead atoms. The molecular formula is C26H24O7. The van der Waals surface area contributed by atoms with Gasteiger partial charge in [0, 0.05) is 23.3 Å². The van der Waals surface area contributed by atoms with Crippen molar-refractivity contribution in [3.05, 3.63) is 77.0 Å². The highest BCUT2D eigenvalue weighted by atomic mass is 16.5. The van der Waals surface area contributed by atoms with Crippen LogP contribution in [0, 0.1) is 0 Å². The lowest BCUT2D eigenvalue weighted by Crippen LogP contribution is -2.00. The summed E-state index contributed by atoms with van der Waals surface area (Å²) in [5.74, 6) is 3.28. The minimum atomic E-state index is -0.224. The Kier molecular flexibility index (Phi) is 6.40. The summed E-state index contributed by atoms with van der Waals surface area (Å²) in [4.78, 5) is 12.9. The van der Waals surface area contributed by atoms with Gasteiger partial charge in [-0.2, -0.15) is 0 Å². The van der Waals surface area contributed by atoms with Crippen LogP contribution in [0.15, 0.2) is 60.4 Å². The third-order valence-electron chi connectivity index (χ3n) is 5.25. The van der Waals surface area contributed by atoms with Gasteiger partial charge in [0.1, 0.15) is 29.6 Å². The number of para-hydroxylation sites is 1. The Labute approximate surface area is 192 Å². The second-order valence-electron chi connectivity index (χ2n) is 7.15. The highest BCUT2D eigenvalue weighted by Crippen LogP contribution is 2.39. The van der Waals surface area contributed by atoms with Crippen molar-refractivity contribution in [1.29, 1.82) is 0 Å². The highest BCUT2D eigenvalue weighted by molar-refractivity contribution is 6.14. The number of ether oxygens (including phenoxy) is 6. The standard InChI is InChI=1S/C26H24O7/c1-28-20-8-6-5-7-16(20)15-32-18-9-10-19-22(13-18)33-25(26(19)27)12-17-11-23(30-3)24(31-4)14-21(17)29-2/h5-14H,15H2,1-4H3/b25-12-. The molecule has 33 heavy (non-hydrogen) atoms. The lowest BCUT2D eigenvalue weighted by atomic mass is 10.1. The molecule has 3 aromatic carbocycles. The molecule has 0 aliphatic carbocycles. The molecule has 1 aliphatic heterocycles. The zero-order chi connectivity index (χ0) is 23.4. The second-order valence-corrected chi connectivity index (χ2v) is 7.15. The number of fused-ring (bicyclic) bond motifs is 1. The Morgan fingerprint density at radius 1 is 0.788 bits per heavy atom. The smallest absolute Gasteiger partial charge is 0.231 e. The second kappa shape index (κ2) is 9.56. The number of allylic oxidation sites excluding steroid dienone is 1. The molecule has 0 atom stereocenters. The van der Waals surface area contributed by atoms with Crippen molar-refractivity contribution in [2.75, 3.05) is 28.4 Å². The van der Waals surface area contributed by atoms with E-state index in [2.05, 4.69) is 0 Å². The van der Waals surface area contributed by atoms with E-state index in [0.717, 1.165) is 11.3 Å². The summed E-state index contributed by atoms with van der Waals surface area (Å²) in [5, 5.41) is 0. The Morgan fingerprint density at radius 2 is 1.48 bits per heavy atom. The third kappa shape index (κ3) is 4.43. The van der Waals surface area contributed by atoms with E-state index in [-0.39, 0.29) is 11.5 Å². The van der Waals surface area contributed by atoms with Crippen molar-refractivity contribution < 1.29 is 33.2 Å². The number of ketones is 1. The molecule has 1 heterocycles. The largest absolute Gasteiger partial charge is 0.496 e. The van der Waals surface area contributed by atoms with E-state index in [4.69, 9.17) is 28.4 Å². The fourth-order valence-electron chi connectivity index (χ4n) is 3.55. The first-order valence-electron chi connectivity index (χ1n) is 10.2. The van der Waals surface area contributed by atoms with Gasteiger partial charge < -0.3 is 28.4 Å². The number of benzene rings is 3. The highest BCUT2D eigenvalue weighted by Gasteiger charge is 2.28. The summed E-state index contributed by atoms with van der Waals surface area (Å²) in [7, 11) is 6.25. The first-order valence-corrected chi connectivity index (χ1v) is 10.2. The summed E-state index contributed by atoms with van der Waals surface area (Å²) in [6.45, 7) is 0.322. The number of hydrogen-bond donors (Lipinski definition) is 0. The number of carbonyl (C=O) groups excluding carboxylic acids is 1. The van der Waals surface area contributed by atoms with E-state index in [1.165, 1.54) is 0 Å². The van der Waals surface area contributed by atoms with Crippen molar-refractivity contribution in [3.63, 3.8) is 0 Å². The molecule has 7 nitrogen and oxygen atoms in total. The monoisotopic (exact) mass is 448 g/mol. The fourth-order valence-corrected chi connectivity index (χ4v) is 3.55. The summed E-state index contributed by atoms with van der Waals surface area (Å²) in [6.07, 6.45) is 1.62. The van der Waals surface area contributed by atoms with Crippen LogP contribution < -0.4 is 28.4 Å². The molecule has 0 amide bonds. The molecular weight excluding hydrogens is 424 g/mol. The molecule has 1 aliphatic rings. The van der Waals surface area contributed by atoms with E-state index < -0.39 is 0 Å². The maximum Gasteiger partial charge on any atom is 0.231 e. The molecule has 3 aromatic rings. The molecule has 4 rings (SSSR count). The SMILES string of the molecule is COc1cc(OC)c(OC)cc1/C=C1\Oc2cc(OCc3ccccc3OC)ccc2C1=O. The first kappa shape index (κ1) is 22.1. The maximum atomic E-state index is 12.9. The summed E-state index contributed by atoms with van der Waals surface area (Å²) in [5.41, 5.74) is 2.00. The van der Waals surface area contributed by atoms with Crippen molar-refractivity contribution >= 4 is 11.9 Å². The van der Waals surface area contributed by atoms with Crippen LogP contribution in [0.4, 0.5) is 0 Å². The van der Waals surface area contributed by atoms with Gasteiger partial charge in [0.2, 0.25) is 5.78 Å². The van der Waals surface area contributed by atoms with E-state index in [9.17, 15) is 4.79 Å². The van der Waals surface area contributed by atoms with Gasteiger partial charge >= 0.3 is 0 Å². The summed E-state index contributed by atoms with van der Waals surface area (Å²) >= 11 is 0. The fraction of sp³-hybridized carbons (Fsp3) is 0.192. The normalized spacial score (nSPS) is 13.3. The molecule has 0 unspecified atom stereocenters. The summed E-state index contributed by atoms with van der Waals surface area (Å²) < 4.78 is 33.2. The van der Waals surface area contributed by atoms with Gasteiger partial charge in [-0.25, -0.2) is 0 Å². The molecule has 170 valence electrons. The van der Waals surface area contributed by atoms with E-state index in [0.29, 0.717) is 46.5 Å². The van der Waals surface area contributed by atoms with Crippen LogP contribution in [0.3, 0.4) is 0 Å². The van der Waals surface area contributed by atoms with Crippen LogP contribution in [0.25, 0.3) is 6.08 Å². The minimum Gasteiger partial charge on any atom is -0.496 e. The molecule has 0 saturated heterocycles. The quantitative estimate of drug-likeness (QED) is 0.453. The predicted molar refractivity (Wildman–Crippen MR) is 123 cm³/mol. The molecule has 0 N–H and O–H groups in total.